The third-order valence-corrected chi connectivity index (χ3v) is 6.78. The Morgan fingerprint density at radius 2 is 1.76 bits per heavy atom. The van der Waals surface area contributed by atoms with E-state index in [1.54, 1.807) is 6.92 Å². The Hall–Kier alpha value is -0.130. The zero-order valence-electron chi connectivity index (χ0n) is 14.7. The molecule has 0 aliphatic carbocycles. The summed E-state index contributed by atoms with van der Waals surface area (Å²) in [6.07, 6.45) is 2.16. The van der Waals surface area contributed by atoms with E-state index in [4.69, 9.17) is 0 Å². The minimum absolute atomic E-state index is 0.137. The van der Waals surface area contributed by atoms with Crippen LogP contribution < -0.4 is 5.32 Å². The second-order valence-electron chi connectivity index (χ2n) is 7.46. The van der Waals surface area contributed by atoms with Crippen molar-refractivity contribution in [1.82, 2.24) is 10.2 Å². The molecule has 1 saturated heterocycles. The molecule has 0 aromatic heterocycles. The monoisotopic (exact) mass is 318 g/mol. The zero-order chi connectivity index (χ0) is 16.3. The van der Waals surface area contributed by atoms with Crippen molar-refractivity contribution in [3.63, 3.8) is 0 Å². The van der Waals surface area contributed by atoms with Crippen LogP contribution in [-0.2, 0) is 9.84 Å². The maximum Gasteiger partial charge on any atom is 0.151 e. The molecule has 0 amide bonds. The predicted octanol–water partition coefficient (Wildman–Crippen LogP) is 2.30. The second-order valence-corrected chi connectivity index (χ2v) is 9.93. The van der Waals surface area contributed by atoms with Gasteiger partial charge >= 0.3 is 0 Å². The summed E-state index contributed by atoms with van der Waals surface area (Å²) in [6.45, 7) is 15.4. The molecule has 1 unspecified atom stereocenters. The van der Waals surface area contributed by atoms with Crippen molar-refractivity contribution < 1.29 is 8.42 Å². The molecule has 1 fully saturated rings. The highest BCUT2D eigenvalue weighted by Crippen LogP contribution is 2.31. The molecule has 1 N–H and O–H groups in total. The van der Waals surface area contributed by atoms with Crippen LogP contribution in [0.5, 0.6) is 0 Å². The number of hydrogen-bond donors (Lipinski definition) is 1. The molecule has 1 heterocycles. The molecule has 0 bridgehead atoms. The van der Waals surface area contributed by atoms with Crippen LogP contribution in [0.2, 0.25) is 0 Å². The van der Waals surface area contributed by atoms with Crippen molar-refractivity contribution >= 4 is 9.84 Å². The normalized spacial score (nSPS) is 24.2. The minimum atomic E-state index is -2.90. The van der Waals surface area contributed by atoms with Crippen molar-refractivity contribution in [3.8, 4) is 0 Å². The van der Waals surface area contributed by atoms with Gasteiger partial charge in [0.05, 0.1) is 5.75 Å². The molecule has 1 atom stereocenters. The van der Waals surface area contributed by atoms with E-state index in [-0.39, 0.29) is 22.5 Å². The Kier molecular flexibility index (Phi) is 6.28. The molecule has 5 heteroatoms. The zero-order valence-corrected chi connectivity index (χ0v) is 15.5. The van der Waals surface area contributed by atoms with Gasteiger partial charge in [-0.3, -0.25) is 4.90 Å². The number of piperazine rings is 1. The Labute approximate surface area is 131 Å². The van der Waals surface area contributed by atoms with Gasteiger partial charge in [0.25, 0.3) is 0 Å². The lowest BCUT2D eigenvalue weighted by Gasteiger charge is -2.51. The molecule has 0 spiro atoms. The number of nitrogens with one attached hydrogen (secondary N) is 1. The van der Waals surface area contributed by atoms with Crippen molar-refractivity contribution in [3.05, 3.63) is 0 Å². The van der Waals surface area contributed by atoms with Gasteiger partial charge < -0.3 is 5.32 Å². The Morgan fingerprint density at radius 3 is 2.19 bits per heavy atom. The van der Waals surface area contributed by atoms with E-state index in [0.29, 0.717) is 12.6 Å². The second kappa shape index (κ2) is 6.97. The molecular weight excluding hydrogens is 284 g/mol. The molecule has 0 aromatic rings. The first-order valence-corrected chi connectivity index (χ1v) is 10.1. The highest BCUT2D eigenvalue weighted by molar-refractivity contribution is 7.91. The Bertz CT molecular complexity index is 422. The Morgan fingerprint density at radius 1 is 1.19 bits per heavy atom. The molecule has 1 aliphatic heterocycles. The van der Waals surface area contributed by atoms with E-state index >= 15 is 0 Å². The van der Waals surface area contributed by atoms with Crippen molar-refractivity contribution in [2.24, 2.45) is 5.41 Å². The molecule has 0 saturated carbocycles. The minimum Gasteiger partial charge on any atom is -0.308 e. The maximum atomic E-state index is 11.9. The Balaban J connectivity index is 2.89. The summed E-state index contributed by atoms with van der Waals surface area (Å²) in [4.78, 5) is 2.41. The van der Waals surface area contributed by atoms with Gasteiger partial charge in [-0.25, -0.2) is 8.42 Å². The largest absolute Gasteiger partial charge is 0.308 e. The summed E-state index contributed by atoms with van der Waals surface area (Å²) in [5.41, 5.74) is 0.286. The van der Waals surface area contributed by atoms with Crippen LogP contribution in [0.3, 0.4) is 0 Å². The van der Waals surface area contributed by atoms with Gasteiger partial charge in [0.15, 0.2) is 9.84 Å². The van der Waals surface area contributed by atoms with E-state index < -0.39 is 9.84 Å². The summed E-state index contributed by atoms with van der Waals surface area (Å²) in [6, 6.07) is 0.385. The van der Waals surface area contributed by atoms with E-state index in [9.17, 15) is 8.42 Å². The SMILES string of the molecule is CCC1(CC)CN(CCS(=O)(=O)CC)C(C(C)(C)C)CN1. The van der Waals surface area contributed by atoms with Crippen molar-refractivity contribution in [2.45, 2.75) is 66.0 Å². The number of sulfone groups is 1. The fraction of sp³-hybridized carbons (Fsp3) is 1.00. The van der Waals surface area contributed by atoms with Crippen LogP contribution in [0, 0.1) is 5.41 Å². The lowest BCUT2D eigenvalue weighted by molar-refractivity contribution is 0.0232. The third-order valence-electron chi connectivity index (χ3n) is 5.10. The van der Waals surface area contributed by atoms with E-state index in [1.807, 2.05) is 0 Å². The van der Waals surface area contributed by atoms with Gasteiger partial charge in [-0.2, -0.15) is 0 Å². The highest BCUT2D eigenvalue weighted by Gasteiger charge is 2.41. The van der Waals surface area contributed by atoms with Crippen LogP contribution in [0.4, 0.5) is 0 Å². The molecule has 0 radical (unpaired) electrons. The summed E-state index contributed by atoms with van der Waals surface area (Å²) in [5, 5.41) is 3.74. The predicted molar refractivity (Wildman–Crippen MR) is 90.5 cm³/mol. The van der Waals surface area contributed by atoms with Gasteiger partial charge in [0.1, 0.15) is 0 Å². The van der Waals surface area contributed by atoms with Crippen LogP contribution in [0.25, 0.3) is 0 Å². The number of hydrogen-bond acceptors (Lipinski definition) is 4. The van der Waals surface area contributed by atoms with E-state index in [0.717, 1.165) is 25.9 Å². The van der Waals surface area contributed by atoms with E-state index in [2.05, 4.69) is 44.8 Å². The molecule has 1 rings (SSSR count). The van der Waals surface area contributed by atoms with Gasteiger partial charge in [0.2, 0.25) is 0 Å². The number of rotatable bonds is 6. The fourth-order valence-electron chi connectivity index (χ4n) is 3.21. The topological polar surface area (TPSA) is 49.4 Å². The standard InChI is InChI=1S/C16H34N2O2S/c1-7-16(8-2)13-18(10-11-21(19,20)9-3)14(12-17-16)15(4,5)6/h14,17H,7-13H2,1-6H3. The maximum absolute atomic E-state index is 11.9. The van der Waals surface area contributed by atoms with Gasteiger partial charge in [-0.05, 0) is 18.3 Å². The average molecular weight is 319 g/mol. The molecular formula is C16H34N2O2S. The lowest BCUT2D eigenvalue weighted by Crippen LogP contribution is -2.67. The molecule has 21 heavy (non-hydrogen) atoms. The van der Waals surface area contributed by atoms with E-state index in [1.165, 1.54) is 0 Å². The first kappa shape index (κ1) is 18.9. The lowest BCUT2D eigenvalue weighted by atomic mass is 9.80. The van der Waals surface area contributed by atoms with Gasteiger partial charge in [-0.15, -0.1) is 0 Å². The van der Waals surface area contributed by atoms with Crippen molar-refractivity contribution in [2.75, 3.05) is 31.1 Å². The first-order chi connectivity index (χ1) is 9.59. The van der Waals surface area contributed by atoms with Crippen LogP contribution >= 0.6 is 0 Å². The summed E-state index contributed by atoms with van der Waals surface area (Å²) in [5.74, 6) is 0.519. The fourth-order valence-corrected chi connectivity index (χ4v) is 4.01. The van der Waals surface area contributed by atoms with Crippen LogP contribution in [0.15, 0.2) is 0 Å². The summed E-state index contributed by atoms with van der Waals surface area (Å²) < 4.78 is 23.7. The van der Waals surface area contributed by atoms with Gasteiger partial charge in [-0.1, -0.05) is 41.5 Å². The average Bonchev–Trinajstić information content (AvgIpc) is 2.43. The smallest absolute Gasteiger partial charge is 0.151 e. The quantitative estimate of drug-likeness (QED) is 0.816. The number of nitrogens with zero attached hydrogens (tertiary/aromatic N) is 1. The highest BCUT2D eigenvalue weighted by atomic mass is 32.2. The summed E-state index contributed by atoms with van der Waals surface area (Å²) >= 11 is 0. The van der Waals surface area contributed by atoms with Crippen LogP contribution in [0.1, 0.15) is 54.4 Å². The summed E-state index contributed by atoms with van der Waals surface area (Å²) in [7, 11) is -2.90. The van der Waals surface area contributed by atoms with Gasteiger partial charge in [0, 0.05) is 37.0 Å². The molecule has 0 aromatic carbocycles. The molecule has 126 valence electrons. The van der Waals surface area contributed by atoms with Crippen LogP contribution in [-0.4, -0.2) is 56.0 Å². The third kappa shape index (κ3) is 4.93. The molecule has 1 aliphatic rings. The first-order valence-electron chi connectivity index (χ1n) is 8.28. The molecule has 4 nitrogen and oxygen atoms in total. The van der Waals surface area contributed by atoms with Crippen molar-refractivity contribution in [1.29, 1.82) is 0 Å².